The number of hydrogen-bond acceptors (Lipinski definition) is 8. The number of benzene rings is 1. The van der Waals surface area contributed by atoms with Crippen LogP contribution in [0.1, 0.15) is 57.5 Å². The predicted molar refractivity (Wildman–Crippen MR) is 125 cm³/mol. The first-order valence-electron chi connectivity index (χ1n) is 10.8. The highest BCUT2D eigenvalue weighted by molar-refractivity contribution is 6.04. The fraction of sp³-hybridized carbons (Fsp3) is 0.250. The Morgan fingerprint density at radius 2 is 2.06 bits per heavy atom. The first-order valence-corrected chi connectivity index (χ1v) is 10.8. The fourth-order valence-electron chi connectivity index (χ4n) is 4.30. The smallest absolute Gasteiger partial charge is 0.296 e. The summed E-state index contributed by atoms with van der Waals surface area (Å²) in [4.78, 5) is 30.1. The largest absolute Gasteiger partial charge is 0.501 e. The number of nitrogens with zero attached hydrogens (tertiary/aromatic N) is 6. The third-order valence-corrected chi connectivity index (χ3v) is 5.97. The molecular weight excluding hydrogens is 469 g/mol. The number of aromatic hydroxyl groups is 1. The zero-order valence-electron chi connectivity index (χ0n) is 19.9. The number of amides is 1. The van der Waals surface area contributed by atoms with Crippen molar-refractivity contribution in [3.8, 4) is 11.8 Å². The average molecular weight is 491 g/mol. The fourth-order valence-corrected chi connectivity index (χ4v) is 4.30. The zero-order valence-corrected chi connectivity index (χ0v) is 19.9. The Bertz CT molecular complexity index is 1550. The molecule has 2 N–H and O–H groups in total. The van der Waals surface area contributed by atoms with Crippen LogP contribution < -0.4 is 10.9 Å². The van der Waals surface area contributed by atoms with Crippen molar-refractivity contribution in [1.29, 1.82) is 5.26 Å². The molecule has 0 spiro atoms. The highest BCUT2D eigenvalue weighted by atomic mass is 19.1. The molecule has 12 heteroatoms. The first kappa shape index (κ1) is 24.3. The topological polar surface area (TPSA) is 152 Å². The van der Waals surface area contributed by atoms with Crippen molar-refractivity contribution in [2.45, 2.75) is 25.7 Å². The van der Waals surface area contributed by atoms with Gasteiger partial charge in [0, 0.05) is 37.7 Å². The number of halogens is 1. The van der Waals surface area contributed by atoms with E-state index in [2.05, 4.69) is 25.1 Å². The molecule has 3 heterocycles. The van der Waals surface area contributed by atoms with Crippen LogP contribution in [0, 0.1) is 24.1 Å². The van der Waals surface area contributed by atoms with E-state index in [1.165, 1.54) is 31.6 Å². The number of aromatic nitrogens is 5. The Morgan fingerprint density at radius 1 is 1.31 bits per heavy atom. The summed E-state index contributed by atoms with van der Waals surface area (Å²) in [6, 6.07) is 5.94. The molecular formula is C24H22FN7O4. The number of aryl methyl sites for hydroxylation is 2. The second-order valence-corrected chi connectivity index (χ2v) is 8.35. The van der Waals surface area contributed by atoms with Gasteiger partial charge < -0.3 is 14.9 Å². The molecule has 0 aliphatic heterocycles. The van der Waals surface area contributed by atoms with Crippen molar-refractivity contribution in [3.05, 3.63) is 86.9 Å². The first-order chi connectivity index (χ1) is 17.1. The lowest BCUT2D eigenvalue weighted by Crippen LogP contribution is -2.29. The standard InChI is InChI=1S/C24H22FN7O4/c1-12(19(18-10-31(3)30-13(18)2)17-6-5-15(25)7-14(17)8-26)22-29-20(21(33)24(35)32(22)4)23(34)28-16-9-27-36-11-16/h5-7,9-12,19,33H,1-4H3,(H,28,34). The maximum Gasteiger partial charge on any atom is 0.296 e. The van der Waals surface area contributed by atoms with Crippen LogP contribution in [0.15, 0.2) is 46.2 Å². The number of nitrogens with one attached hydrogen (secondary N) is 1. The average Bonchev–Trinajstić information content (AvgIpc) is 3.47. The van der Waals surface area contributed by atoms with Crippen LogP contribution in [0.5, 0.6) is 5.75 Å². The van der Waals surface area contributed by atoms with Gasteiger partial charge in [0.1, 0.15) is 23.6 Å². The van der Waals surface area contributed by atoms with Gasteiger partial charge in [-0.2, -0.15) is 10.4 Å². The Labute approximate surface area is 204 Å². The molecule has 4 rings (SSSR count). The lowest BCUT2D eigenvalue weighted by atomic mass is 9.79. The summed E-state index contributed by atoms with van der Waals surface area (Å²) in [7, 11) is 3.17. The molecule has 0 radical (unpaired) electrons. The monoisotopic (exact) mass is 491 g/mol. The predicted octanol–water partition coefficient (Wildman–Crippen LogP) is 2.71. The Kier molecular flexibility index (Phi) is 6.39. The summed E-state index contributed by atoms with van der Waals surface area (Å²) in [5.74, 6) is -3.27. The van der Waals surface area contributed by atoms with Gasteiger partial charge in [0.05, 0.1) is 23.5 Å². The molecule has 3 aromatic heterocycles. The maximum atomic E-state index is 14.0. The van der Waals surface area contributed by atoms with E-state index in [4.69, 9.17) is 0 Å². The summed E-state index contributed by atoms with van der Waals surface area (Å²) < 4.78 is 21.4. The van der Waals surface area contributed by atoms with Crippen molar-refractivity contribution in [3.63, 3.8) is 0 Å². The minimum absolute atomic E-state index is 0.115. The molecule has 11 nitrogen and oxygen atoms in total. The van der Waals surface area contributed by atoms with Gasteiger partial charge in [0.2, 0.25) is 5.75 Å². The van der Waals surface area contributed by atoms with Gasteiger partial charge in [-0.25, -0.2) is 9.37 Å². The Morgan fingerprint density at radius 3 is 2.67 bits per heavy atom. The van der Waals surface area contributed by atoms with E-state index >= 15 is 0 Å². The molecule has 4 aromatic rings. The molecule has 0 aliphatic rings. The Hall–Kier alpha value is -4.79. The van der Waals surface area contributed by atoms with Crippen LogP contribution in [-0.2, 0) is 14.1 Å². The van der Waals surface area contributed by atoms with Gasteiger partial charge in [0.15, 0.2) is 5.69 Å². The zero-order chi connectivity index (χ0) is 26.1. The molecule has 0 bridgehead atoms. The van der Waals surface area contributed by atoms with Crippen LogP contribution in [0.2, 0.25) is 0 Å². The van der Waals surface area contributed by atoms with Crippen LogP contribution in [0.4, 0.5) is 10.1 Å². The lowest BCUT2D eigenvalue weighted by molar-refractivity contribution is 0.101. The quantitative estimate of drug-likeness (QED) is 0.418. The third-order valence-electron chi connectivity index (χ3n) is 5.97. The van der Waals surface area contributed by atoms with Gasteiger partial charge in [-0.15, -0.1) is 0 Å². The van der Waals surface area contributed by atoms with Crippen LogP contribution in [0.25, 0.3) is 0 Å². The number of hydrogen-bond donors (Lipinski definition) is 2. The van der Waals surface area contributed by atoms with Gasteiger partial charge in [-0.1, -0.05) is 18.1 Å². The summed E-state index contributed by atoms with van der Waals surface area (Å²) in [6.45, 7) is 3.56. The van der Waals surface area contributed by atoms with E-state index in [-0.39, 0.29) is 17.1 Å². The van der Waals surface area contributed by atoms with E-state index in [0.29, 0.717) is 11.3 Å². The van der Waals surface area contributed by atoms with Crippen molar-refractivity contribution in [2.75, 3.05) is 5.32 Å². The minimum atomic E-state index is -0.838. The second-order valence-electron chi connectivity index (χ2n) is 8.35. The maximum absolute atomic E-state index is 14.0. The van der Waals surface area contributed by atoms with E-state index in [9.17, 15) is 24.3 Å². The van der Waals surface area contributed by atoms with Crippen LogP contribution in [-0.4, -0.2) is 35.5 Å². The molecule has 2 atom stereocenters. The minimum Gasteiger partial charge on any atom is -0.501 e. The highest BCUT2D eigenvalue weighted by Crippen LogP contribution is 2.40. The normalized spacial score (nSPS) is 12.7. The van der Waals surface area contributed by atoms with Crippen molar-refractivity contribution in [1.82, 2.24) is 24.5 Å². The van der Waals surface area contributed by atoms with Crippen LogP contribution in [0.3, 0.4) is 0 Å². The number of anilines is 1. The summed E-state index contributed by atoms with van der Waals surface area (Å²) in [5, 5.41) is 30.5. The SMILES string of the molecule is Cc1nn(C)cc1C(c1ccc(F)cc1C#N)C(C)c1nc(C(=O)Nc2cnoc2)c(O)c(=O)n1C. The summed E-state index contributed by atoms with van der Waals surface area (Å²) in [6.07, 6.45) is 4.20. The molecule has 184 valence electrons. The van der Waals surface area contributed by atoms with Crippen LogP contribution >= 0.6 is 0 Å². The van der Waals surface area contributed by atoms with E-state index in [0.717, 1.165) is 16.2 Å². The van der Waals surface area contributed by atoms with E-state index < -0.39 is 40.6 Å². The molecule has 0 aliphatic carbocycles. The van der Waals surface area contributed by atoms with Crippen molar-refractivity contribution in [2.24, 2.45) is 14.1 Å². The van der Waals surface area contributed by atoms with Crippen molar-refractivity contribution >= 4 is 11.6 Å². The number of rotatable bonds is 6. The molecule has 0 saturated heterocycles. The van der Waals surface area contributed by atoms with E-state index in [1.54, 1.807) is 31.8 Å². The number of nitriles is 1. The molecule has 0 saturated carbocycles. The molecule has 2 unspecified atom stereocenters. The lowest BCUT2D eigenvalue weighted by Gasteiger charge is -2.26. The molecule has 0 fully saturated rings. The number of carbonyl (C=O) groups excluding carboxylic acids is 1. The van der Waals surface area contributed by atoms with Gasteiger partial charge in [0.25, 0.3) is 11.5 Å². The third kappa shape index (κ3) is 4.34. The van der Waals surface area contributed by atoms with Gasteiger partial charge >= 0.3 is 0 Å². The highest BCUT2D eigenvalue weighted by Gasteiger charge is 2.32. The van der Waals surface area contributed by atoms with E-state index in [1.807, 2.05) is 6.07 Å². The second kappa shape index (κ2) is 9.46. The number of carbonyl (C=O) groups is 1. The molecule has 1 aromatic carbocycles. The molecule has 36 heavy (non-hydrogen) atoms. The Balaban J connectivity index is 1.90. The van der Waals surface area contributed by atoms with Crippen molar-refractivity contribution < 1.29 is 18.8 Å². The van der Waals surface area contributed by atoms with Gasteiger partial charge in [-0.3, -0.25) is 18.8 Å². The summed E-state index contributed by atoms with van der Waals surface area (Å²) >= 11 is 0. The summed E-state index contributed by atoms with van der Waals surface area (Å²) in [5.41, 5.74) is 0.906. The van der Waals surface area contributed by atoms with Gasteiger partial charge in [-0.05, 0) is 24.6 Å². The molecule has 1 amide bonds.